The molecule has 1 heterocycles. The molecule has 114 valence electrons. The number of nitrogens with two attached hydrogens (primary N) is 1. The van der Waals surface area contributed by atoms with Crippen molar-refractivity contribution in [3.8, 4) is 0 Å². The van der Waals surface area contributed by atoms with E-state index in [1.165, 1.54) is 5.69 Å². The maximum atomic E-state index is 12.0. The Bertz CT molecular complexity index is 470. The minimum absolute atomic E-state index is 0.0342. The first-order chi connectivity index (χ1) is 10.2. The van der Waals surface area contributed by atoms with Crippen LogP contribution in [-0.2, 0) is 9.59 Å². The van der Waals surface area contributed by atoms with Crippen molar-refractivity contribution in [2.24, 2.45) is 5.73 Å². The van der Waals surface area contributed by atoms with E-state index in [0.29, 0.717) is 19.6 Å². The van der Waals surface area contributed by atoms with E-state index >= 15 is 0 Å². The van der Waals surface area contributed by atoms with Gasteiger partial charge in [-0.3, -0.25) is 9.59 Å². The second-order valence-corrected chi connectivity index (χ2v) is 5.02. The molecule has 2 amide bonds. The molecule has 0 saturated carbocycles. The summed E-state index contributed by atoms with van der Waals surface area (Å²) >= 11 is 0. The molecular formula is C15H22N4O2. The number of para-hydroxylation sites is 1. The standard InChI is InChI=1S/C15H22N4O2/c16-7-6-14(20)17-12-15(21)19-10-8-18(9-11-19)13-4-2-1-3-5-13/h1-5H,6-12,16H2,(H,17,20). The lowest BCUT2D eigenvalue weighted by molar-refractivity contribution is -0.133. The molecule has 1 aromatic rings. The molecule has 0 atom stereocenters. The Morgan fingerprint density at radius 3 is 2.38 bits per heavy atom. The first kappa shape index (κ1) is 15.3. The molecule has 0 radical (unpaired) electrons. The van der Waals surface area contributed by atoms with Crippen molar-refractivity contribution in [1.82, 2.24) is 10.2 Å². The maximum Gasteiger partial charge on any atom is 0.242 e. The number of nitrogens with one attached hydrogen (secondary N) is 1. The molecule has 0 unspecified atom stereocenters. The molecule has 0 aromatic heterocycles. The topological polar surface area (TPSA) is 78.7 Å². The second-order valence-electron chi connectivity index (χ2n) is 5.02. The summed E-state index contributed by atoms with van der Waals surface area (Å²) in [5.74, 6) is -0.207. The molecule has 6 nitrogen and oxygen atoms in total. The summed E-state index contributed by atoms with van der Waals surface area (Å²) in [6.07, 6.45) is 0.259. The minimum Gasteiger partial charge on any atom is -0.368 e. The summed E-state index contributed by atoms with van der Waals surface area (Å²) in [5.41, 5.74) is 6.47. The molecule has 2 rings (SSSR count). The molecule has 21 heavy (non-hydrogen) atoms. The van der Waals surface area contributed by atoms with E-state index in [0.717, 1.165) is 13.1 Å². The van der Waals surface area contributed by atoms with Gasteiger partial charge in [0.1, 0.15) is 0 Å². The van der Waals surface area contributed by atoms with E-state index < -0.39 is 0 Å². The van der Waals surface area contributed by atoms with Crippen LogP contribution < -0.4 is 16.0 Å². The van der Waals surface area contributed by atoms with Crippen LogP contribution in [0.3, 0.4) is 0 Å². The number of rotatable bonds is 5. The van der Waals surface area contributed by atoms with Crippen LogP contribution in [0.25, 0.3) is 0 Å². The Morgan fingerprint density at radius 1 is 1.10 bits per heavy atom. The minimum atomic E-state index is -0.172. The quantitative estimate of drug-likeness (QED) is 0.787. The molecule has 1 aliphatic heterocycles. The van der Waals surface area contributed by atoms with Crippen molar-refractivity contribution < 1.29 is 9.59 Å². The maximum absolute atomic E-state index is 12.0. The molecule has 6 heteroatoms. The number of anilines is 1. The van der Waals surface area contributed by atoms with Crippen molar-refractivity contribution in [2.45, 2.75) is 6.42 Å². The Labute approximate surface area is 124 Å². The van der Waals surface area contributed by atoms with Gasteiger partial charge in [-0.2, -0.15) is 0 Å². The summed E-state index contributed by atoms with van der Waals surface area (Å²) in [4.78, 5) is 27.4. The molecule has 1 aliphatic rings. The zero-order chi connectivity index (χ0) is 15.1. The molecule has 1 saturated heterocycles. The van der Waals surface area contributed by atoms with Crippen LogP contribution in [0.4, 0.5) is 5.69 Å². The smallest absolute Gasteiger partial charge is 0.242 e. The van der Waals surface area contributed by atoms with Gasteiger partial charge in [0.25, 0.3) is 0 Å². The fraction of sp³-hybridized carbons (Fsp3) is 0.467. The van der Waals surface area contributed by atoms with Gasteiger partial charge in [0.05, 0.1) is 6.54 Å². The second kappa shape index (κ2) is 7.64. The summed E-state index contributed by atoms with van der Waals surface area (Å²) in [7, 11) is 0. The van der Waals surface area contributed by atoms with Crippen LogP contribution in [0.2, 0.25) is 0 Å². The van der Waals surface area contributed by atoms with E-state index in [9.17, 15) is 9.59 Å². The zero-order valence-electron chi connectivity index (χ0n) is 12.1. The van der Waals surface area contributed by atoms with Crippen molar-refractivity contribution in [3.05, 3.63) is 30.3 Å². The third-order valence-corrected chi connectivity index (χ3v) is 3.56. The van der Waals surface area contributed by atoms with E-state index in [1.807, 2.05) is 18.2 Å². The normalized spacial score (nSPS) is 14.9. The highest BCUT2D eigenvalue weighted by molar-refractivity contribution is 5.84. The van der Waals surface area contributed by atoms with Gasteiger partial charge in [-0.05, 0) is 12.1 Å². The Hall–Kier alpha value is -2.08. The van der Waals surface area contributed by atoms with Gasteiger partial charge in [0.2, 0.25) is 11.8 Å². The molecule has 1 fully saturated rings. The number of piperazine rings is 1. The van der Waals surface area contributed by atoms with Gasteiger partial charge in [-0.25, -0.2) is 0 Å². The van der Waals surface area contributed by atoms with Crippen molar-refractivity contribution >= 4 is 17.5 Å². The number of benzene rings is 1. The predicted molar refractivity (Wildman–Crippen MR) is 81.9 cm³/mol. The number of hydrogen-bond donors (Lipinski definition) is 2. The molecule has 0 aliphatic carbocycles. The van der Waals surface area contributed by atoms with Gasteiger partial charge < -0.3 is 20.9 Å². The van der Waals surface area contributed by atoms with Crippen LogP contribution in [0.15, 0.2) is 30.3 Å². The highest BCUT2D eigenvalue weighted by Crippen LogP contribution is 2.15. The van der Waals surface area contributed by atoms with Gasteiger partial charge in [-0.1, -0.05) is 18.2 Å². The summed E-state index contributed by atoms with van der Waals surface area (Å²) < 4.78 is 0. The summed E-state index contributed by atoms with van der Waals surface area (Å²) in [6, 6.07) is 10.2. The molecule has 0 bridgehead atoms. The van der Waals surface area contributed by atoms with Crippen molar-refractivity contribution in [3.63, 3.8) is 0 Å². The Balaban J connectivity index is 1.76. The third-order valence-electron chi connectivity index (χ3n) is 3.56. The average molecular weight is 290 g/mol. The van der Waals surface area contributed by atoms with E-state index in [1.54, 1.807) is 4.90 Å². The van der Waals surface area contributed by atoms with E-state index in [4.69, 9.17) is 5.73 Å². The van der Waals surface area contributed by atoms with Gasteiger partial charge in [-0.15, -0.1) is 0 Å². The van der Waals surface area contributed by atoms with Crippen LogP contribution in [0, 0.1) is 0 Å². The highest BCUT2D eigenvalue weighted by Gasteiger charge is 2.21. The average Bonchev–Trinajstić information content (AvgIpc) is 2.54. The van der Waals surface area contributed by atoms with Crippen molar-refractivity contribution in [1.29, 1.82) is 0 Å². The third kappa shape index (κ3) is 4.46. The van der Waals surface area contributed by atoms with Gasteiger partial charge >= 0.3 is 0 Å². The number of nitrogens with zero attached hydrogens (tertiary/aromatic N) is 2. The lowest BCUT2D eigenvalue weighted by atomic mass is 10.2. The lowest BCUT2D eigenvalue weighted by Gasteiger charge is -2.36. The predicted octanol–water partition coefficient (Wildman–Crippen LogP) is -0.200. The number of amides is 2. The SMILES string of the molecule is NCCC(=O)NCC(=O)N1CCN(c2ccccc2)CC1. The Kier molecular flexibility index (Phi) is 5.57. The van der Waals surface area contributed by atoms with Crippen LogP contribution in [0.1, 0.15) is 6.42 Å². The van der Waals surface area contributed by atoms with E-state index in [2.05, 4.69) is 22.3 Å². The molecule has 1 aromatic carbocycles. The highest BCUT2D eigenvalue weighted by atomic mass is 16.2. The van der Waals surface area contributed by atoms with E-state index in [-0.39, 0.29) is 24.8 Å². The number of carbonyl (C=O) groups is 2. The monoisotopic (exact) mass is 290 g/mol. The lowest BCUT2D eigenvalue weighted by Crippen LogP contribution is -2.51. The summed E-state index contributed by atoms with van der Waals surface area (Å²) in [5, 5.41) is 2.60. The zero-order valence-corrected chi connectivity index (χ0v) is 12.1. The molecule has 0 spiro atoms. The fourth-order valence-corrected chi connectivity index (χ4v) is 2.36. The van der Waals surface area contributed by atoms with Crippen LogP contribution in [-0.4, -0.2) is 56.0 Å². The first-order valence-electron chi connectivity index (χ1n) is 7.25. The van der Waals surface area contributed by atoms with Crippen molar-refractivity contribution in [2.75, 3.05) is 44.2 Å². The largest absolute Gasteiger partial charge is 0.368 e. The fourth-order valence-electron chi connectivity index (χ4n) is 2.36. The number of carbonyl (C=O) groups excluding carboxylic acids is 2. The summed E-state index contributed by atoms with van der Waals surface area (Å²) in [6.45, 7) is 3.35. The number of hydrogen-bond acceptors (Lipinski definition) is 4. The molecular weight excluding hydrogens is 268 g/mol. The van der Waals surface area contributed by atoms with Gasteiger partial charge in [0.15, 0.2) is 0 Å². The van der Waals surface area contributed by atoms with Crippen LogP contribution in [0.5, 0.6) is 0 Å². The van der Waals surface area contributed by atoms with Gasteiger partial charge in [0, 0.05) is 44.8 Å². The van der Waals surface area contributed by atoms with Crippen LogP contribution >= 0.6 is 0 Å². The molecule has 3 N–H and O–H groups in total. The first-order valence-corrected chi connectivity index (χ1v) is 7.25. The Morgan fingerprint density at radius 2 is 1.76 bits per heavy atom.